The summed E-state index contributed by atoms with van der Waals surface area (Å²) in [6.45, 7) is 5.71. The third-order valence-electron chi connectivity index (χ3n) is 5.48. The molecule has 4 heterocycles. The van der Waals surface area contributed by atoms with Crippen LogP contribution in [0.1, 0.15) is 29.6 Å². The lowest BCUT2D eigenvalue weighted by Gasteiger charge is -2.35. The van der Waals surface area contributed by atoms with Crippen LogP contribution in [0.3, 0.4) is 0 Å². The van der Waals surface area contributed by atoms with Gasteiger partial charge in [-0.1, -0.05) is 6.07 Å². The number of halogens is 3. The van der Waals surface area contributed by atoms with Gasteiger partial charge in [0.25, 0.3) is 0 Å². The number of morpholine rings is 1. The van der Waals surface area contributed by atoms with E-state index in [9.17, 15) is 13.2 Å². The molecule has 1 N–H and O–H groups in total. The molecule has 1 saturated heterocycles. The fourth-order valence-corrected chi connectivity index (χ4v) is 3.80. The molecule has 0 aromatic carbocycles. The number of alkyl halides is 3. The summed E-state index contributed by atoms with van der Waals surface area (Å²) in [5.41, 5.74) is 2.99. The Morgan fingerprint density at radius 3 is 2.69 bits per heavy atom. The van der Waals surface area contributed by atoms with Crippen molar-refractivity contribution in [1.29, 1.82) is 0 Å². The highest BCUT2D eigenvalue weighted by atomic mass is 19.4. The first-order valence-corrected chi connectivity index (χ1v) is 10.2. The molecule has 0 bridgehead atoms. The summed E-state index contributed by atoms with van der Waals surface area (Å²) in [4.78, 5) is 15.1. The number of anilines is 1. The Bertz CT molecular complexity index is 1110. The van der Waals surface area contributed by atoms with Crippen LogP contribution in [-0.2, 0) is 10.9 Å². The van der Waals surface area contributed by atoms with E-state index in [2.05, 4.69) is 25.1 Å². The third kappa shape index (κ3) is 4.22. The van der Waals surface area contributed by atoms with E-state index >= 15 is 0 Å². The van der Waals surface area contributed by atoms with Gasteiger partial charge in [0.15, 0.2) is 0 Å². The van der Waals surface area contributed by atoms with Crippen molar-refractivity contribution in [2.45, 2.75) is 26.1 Å². The summed E-state index contributed by atoms with van der Waals surface area (Å²) in [7, 11) is 1.66. The SMILES string of the molecule is C/N=C(/c1cc[nH]n1)c1nc(N2CCOCC2C)cc(-c2ccc(C(F)(F)F)nc2)c1C. The van der Waals surface area contributed by atoms with Crippen LogP contribution in [0.4, 0.5) is 19.0 Å². The molecule has 1 atom stereocenters. The number of rotatable bonds is 4. The van der Waals surface area contributed by atoms with E-state index in [0.717, 1.165) is 17.2 Å². The summed E-state index contributed by atoms with van der Waals surface area (Å²) in [5.74, 6) is 0.702. The topological polar surface area (TPSA) is 79.3 Å². The second-order valence-corrected chi connectivity index (χ2v) is 7.58. The normalized spacial score (nSPS) is 17.6. The van der Waals surface area contributed by atoms with Gasteiger partial charge < -0.3 is 9.64 Å². The maximum atomic E-state index is 13.0. The lowest BCUT2D eigenvalue weighted by molar-refractivity contribution is -0.141. The van der Waals surface area contributed by atoms with Crippen molar-refractivity contribution >= 4 is 11.5 Å². The predicted octanol–water partition coefficient (Wildman–Crippen LogP) is 3.89. The molecule has 10 heteroatoms. The molecule has 7 nitrogen and oxygen atoms in total. The van der Waals surface area contributed by atoms with Crippen molar-refractivity contribution in [2.75, 3.05) is 31.7 Å². The van der Waals surface area contributed by atoms with Crippen LogP contribution >= 0.6 is 0 Å². The van der Waals surface area contributed by atoms with Crippen molar-refractivity contribution < 1.29 is 17.9 Å². The average molecular weight is 444 g/mol. The van der Waals surface area contributed by atoms with Crippen LogP contribution in [0.15, 0.2) is 41.7 Å². The number of H-pyrrole nitrogens is 1. The number of nitrogens with zero attached hydrogens (tertiary/aromatic N) is 5. The molecule has 1 fully saturated rings. The van der Waals surface area contributed by atoms with E-state index in [0.29, 0.717) is 48.2 Å². The van der Waals surface area contributed by atoms with Crippen LogP contribution < -0.4 is 4.90 Å². The number of hydrogen-bond donors (Lipinski definition) is 1. The second-order valence-electron chi connectivity index (χ2n) is 7.58. The summed E-state index contributed by atoms with van der Waals surface area (Å²) in [6.07, 6.45) is -1.55. The number of aromatic nitrogens is 4. The number of ether oxygens (including phenoxy) is 1. The number of pyridine rings is 2. The minimum Gasteiger partial charge on any atom is -0.377 e. The standard InChI is InChI=1S/C22H23F3N6O/c1-13-12-32-9-8-31(13)19-10-16(15-4-5-18(27-11-15)22(23,24)25)14(2)20(29-19)21(26-3)17-6-7-28-30-17/h4-7,10-11,13H,8-9,12H2,1-3H3,(H,28,30)/b26-21-. The smallest absolute Gasteiger partial charge is 0.377 e. The molecule has 0 spiro atoms. The van der Waals surface area contributed by atoms with Crippen LogP contribution in [-0.4, -0.2) is 58.7 Å². The Morgan fingerprint density at radius 2 is 2.09 bits per heavy atom. The predicted molar refractivity (Wildman–Crippen MR) is 115 cm³/mol. The van der Waals surface area contributed by atoms with E-state index in [4.69, 9.17) is 9.72 Å². The van der Waals surface area contributed by atoms with Gasteiger partial charge in [0.2, 0.25) is 0 Å². The first-order valence-electron chi connectivity index (χ1n) is 10.2. The monoisotopic (exact) mass is 444 g/mol. The van der Waals surface area contributed by atoms with Gasteiger partial charge in [0.05, 0.1) is 24.9 Å². The van der Waals surface area contributed by atoms with E-state index in [1.165, 1.54) is 12.3 Å². The van der Waals surface area contributed by atoms with Crippen LogP contribution in [0, 0.1) is 6.92 Å². The number of hydrogen-bond acceptors (Lipinski definition) is 6. The van der Waals surface area contributed by atoms with E-state index in [-0.39, 0.29) is 6.04 Å². The van der Waals surface area contributed by atoms with Crippen molar-refractivity contribution in [2.24, 2.45) is 4.99 Å². The maximum Gasteiger partial charge on any atom is 0.433 e. The lowest BCUT2D eigenvalue weighted by Crippen LogP contribution is -2.44. The molecule has 168 valence electrons. The zero-order valence-corrected chi connectivity index (χ0v) is 17.9. The molecule has 3 aromatic rings. The molecule has 32 heavy (non-hydrogen) atoms. The van der Waals surface area contributed by atoms with Gasteiger partial charge in [-0.25, -0.2) is 4.98 Å². The molecule has 0 saturated carbocycles. The molecule has 1 unspecified atom stereocenters. The molecule has 0 radical (unpaired) electrons. The van der Waals surface area contributed by atoms with Crippen LogP contribution in [0.2, 0.25) is 0 Å². The minimum atomic E-state index is -4.49. The van der Waals surface area contributed by atoms with Crippen LogP contribution in [0.5, 0.6) is 0 Å². The lowest BCUT2D eigenvalue weighted by atomic mass is 9.97. The Morgan fingerprint density at radius 1 is 1.28 bits per heavy atom. The highest BCUT2D eigenvalue weighted by Gasteiger charge is 2.32. The first-order chi connectivity index (χ1) is 15.3. The Kier molecular flexibility index (Phi) is 5.96. The Labute approximate surface area is 183 Å². The van der Waals surface area contributed by atoms with Gasteiger partial charge in [-0.05, 0) is 43.2 Å². The zero-order chi connectivity index (χ0) is 22.9. The first kappa shape index (κ1) is 21.9. The molecule has 4 rings (SSSR count). The number of aliphatic imine (C=N–C) groups is 1. The van der Waals surface area contributed by atoms with Gasteiger partial charge >= 0.3 is 6.18 Å². The van der Waals surface area contributed by atoms with E-state index < -0.39 is 11.9 Å². The highest BCUT2D eigenvalue weighted by Crippen LogP contribution is 2.33. The van der Waals surface area contributed by atoms with Gasteiger partial charge in [0, 0.05) is 31.5 Å². The molecule has 0 aliphatic carbocycles. The largest absolute Gasteiger partial charge is 0.433 e. The van der Waals surface area contributed by atoms with E-state index in [1.54, 1.807) is 19.3 Å². The Balaban J connectivity index is 1.88. The molecular weight excluding hydrogens is 421 g/mol. The zero-order valence-electron chi connectivity index (χ0n) is 17.9. The average Bonchev–Trinajstić information content (AvgIpc) is 3.30. The summed E-state index contributed by atoms with van der Waals surface area (Å²) in [6, 6.07) is 6.22. The van der Waals surface area contributed by atoms with Crippen molar-refractivity contribution in [3.63, 3.8) is 0 Å². The van der Waals surface area contributed by atoms with Crippen molar-refractivity contribution in [3.8, 4) is 11.1 Å². The number of aromatic amines is 1. The molecule has 1 aliphatic rings. The van der Waals surface area contributed by atoms with Gasteiger partial charge in [0.1, 0.15) is 22.9 Å². The molecule has 1 aliphatic heterocycles. The van der Waals surface area contributed by atoms with Crippen molar-refractivity contribution in [1.82, 2.24) is 20.2 Å². The van der Waals surface area contributed by atoms with Crippen LogP contribution in [0.25, 0.3) is 11.1 Å². The van der Waals surface area contributed by atoms with E-state index in [1.807, 2.05) is 19.9 Å². The maximum absolute atomic E-state index is 13.0. The second kappa shape index (κ2) is 8.70. The Hall–Kier alpha value is -3.27. The fourth-order valence-electron chi connectivity index (χ4n) is 3.80. The summed E-state index contributed by atoms with van der Waals surface area (Å²) >= 11 is 0. The van der Waals surface area contributed by atoms with Gasteiger partial charge in [-0.2, -0.15) is 18.3 Å². The number of nitrogens with one attached hydrogen (secondary N) is 1. The summed E-state index contributed by atoms with van der Waals surface area (Å²) in [5, 5.41) is 7.02. The molecular formula is C22H23F3N6O. The minimum absolute atomic E-state index is 0.0952. The molecule has 3 aromatic heterocycles. The fraction of sp³-hybridized carbons (Fsp3) is 0.364. The molecule has 0 amide bonds. The third-order valence-corrected chi connectivity index (χ3v) is 5.48. The summed E-state index contributed by atoms with van der Waals surface area (Å²) < 4.78 is 44.6. The quantitative estimate of drug-likeness (QED) is 0.618. The van der Waals surface area contributed by atoms with Gasteiger partial charge in [-0.15, -0.1) is 0 Å². The van der Waals surface area contributed by atoms with Crippen molar-refractivity contribution in [3.05, 3.63) is 59.3 Å². The highest BCUT2D eigenvalue weighted by molar-refractivity contribution is 6.12. The van der Waals surface area contributed by atoms with Gasteiger partial charge in [-0.3, -0.25) is 15.1 Å².